The molecule has 7 nitrogen and oxygen atoms in total. The molecule has 0 aliphatic heterocycles. The second-order valence-electron chi connectivity index (χ2n) is 3.36. The zero-order valence-electron chi connectivity index (χ0n) is 9.56. The lowest BCUT2D eigenvalue weighted by atomic mass is 10.4. The van der Waals surface area contributed by atoms with Crippen LogP contribution in [-0.4, -0.2) is 34.9 Å². The Morgan fingerprint density at radius 1 is 1.35 bits per heavy atom. The lowest BCUT2D eigenvalue weighted by molar-refractivity contribution is -0.117. The zero-order valence-corrected chi connectivity index (χ0v) is 9.56. The van der Waals surface area contributed by atoms with E-state index in [9.17, 15) is 9.59 Å². The van der Waals surface area contributed by atoms with Crippen molar-refractivity contribution in [2.45, 2.75) is 13.3 Å². The van der Waals surface area contributed by atoms with Crippen molar-refractivity contribution in [3.8, 4) is 0 Å². The highest BCUT2D eigenvalue weighted by Crippen LogP contribution is 2.00. The summed E-state index contributed by atoms with van der Waals surface area (Å²) in [5.41, 5.74) is 5.04. The van der Waals surface area contributed by atoms with Gasteiger partial charge in [-0.3, -0.25) is 9.59 Å². The molecule has 0 spiro atoms. The highest BCUT2D eigenvalue weighted by molar-refractivity contribution is 5.94. The van der Waals surface area contributed by atoms with Gasteiger partial charge in [-0.1, -0.05) is 6.92 Å². The van der Waals surface area contributed by atoms with Crippen molar-refractivity contribution in [2.75, 3.05) is 18.4 Å². The second-order valence-corrected chi connectivity index (χ2v) is 3.36. The molecular weight excluding hydrogens is 222 g/mol. The number of rotatable bonds is 6. The van der Waals surface area contributed by atoms with Crippen molar-refractivity contribution < 1.29 is 9.59 Å². The summed E-state index contributed by atoms with van der Waals surface area (Å²) in [6.07, 6.45) is 3.78. The molecule has 1 aromatic rings. The first-order valence-electron chi connectivity index (χ1n) is 5.26. The van der Waals surface area contributed by atoms with Gasteiger partial charge in [0.15, 0.2) is 0 Å². The molecule has 7 heteroatoms. The van der Waals surface area contributed by atoms with Crippen molar-refractivity contribution in [1.29, 1.82) is 0 Å². The van der Waals surface area contributed by atoms with Crippen LogP contribution >= 0.6 is 0 Å². The first kappa shape index (κ1) is 12.9. The minimum atomic E-state index is -0.604. The Labute approximate surface area is 98.8 Å². The van der Waals surface area contributed by atoms with Gasteiger partial charge in [0.25, 0.3) is 5.91 Å². The lowest BCUT2D eigenvalue weighted by Crippen LogP contribution is -2.33. The number of anilines is 1. The maximum atomic E-state index is 11.4. The van der Waals surface area contributed by atoms with E-state index < -0.39 is 11.8 Å². The summed E-state index contributed by atoms with van der Waals surface area (Å²) < 4.78 is 0. The predicted molar refractivity (Wildman–Crippen MR) is 62.3 cm³/mol. The van der Waals surface area contributed by atoms with Crippen molar-refractivity contribution >= 4 is 17.6 Å². The third-order valence-corrected chi connectivity index (χ3v) is 1.86. The van der Waals surface area contributed by atoms with Crippen LogP contribution < -0.4 is 16.4 Å². The molecule has 92 valence electrons. The van der Waals surface area contributed by atoms with Crippen LogP contribution in [0.4, 0.5) is 5.82 Å². The van der Waals surface area contributed by atoms with Crippen molar-refractivity contribution in [3.63, 3.8) is 0 Å². The number of hydrogen-bond acceptors (Lipinski definition) is 5. The average molecular weight is 237 g/mol. The van der Waals surface area contributed by atoms with Crippen LogP contribution in [0.3, 0.4) is 0 Å². The minimum Gasteiger partial charge on any atom is -0.369 e. The fourth-order valence-electron chi connectivity index (χ4n) is 1.05. The molecule has 0 aliphatic rings. The van der Waals surface area contributed by atoms with E-state index >= 15 is 0 Å². The predicted octanol–water partition coefficient (Wildman–Crippen LogP) is -0.486. The fraction of sp³-hybridized carbons (Fsp3) is 0.400. The van der Waals surface area contributed by atoms with Crippen LogP contribution in [0.1, 0.15) is 23.8 Å². The number of nitrogens with zero attached hydrogens (tertiary/aromatic N) is 2. The minimum absolute atomic E-state index is 0.147. The quantitative estimate of drug-likeness (QED) is 0.618. The van der Waals surface area contributed by atoms with Gasteiger partial charge in [0.05, 0.1) is 18.9 Å². The molecule has 0 saturated carbocycles. The van der Waals surface area contributed by atoms with E-state index in [-0.39, 0.29) is 12.2 Å². The highest BCUT2D eigenvalue weighted by Gasteiger charge is 2.08. The SMILES string of the molecule is CCCNc1cnc(C(=O)NCC(N)=O)cn1. The molecule has 17 heavy (non-hydrogen) atoms. The summed E-state index contributed by atoms with van der Waals surface area (Å²) in [5, 5.41) is 5.36. The number of primary amides is 1. The molecule has 0 aromatic carbocycles. The molecule has 0 aliphatic carbocycles. The summed E-state index contributed by atoms with van der Waals surface area (Å²) in [6, 6.07) is 0. The normalized spacial score (nSPS) is 9.71. The molecule has 0 bridgehead atoms. The van der Waals surface area contributed by atoms with Crippen LogP contribution in [-0.2, 0) is 4.79 Å². The Morgan fingerprint density at radius 3 is 2.65 bits per heavy atom. The first-order chi connectivity index (χ1) is 8.13. The number of hydrogen-bond donors (Lipinski definition) is 3. The Morgan fingerprint density at radius 2 is 2.12 bits per heavy atom. The van der Waals surface area contributed by atoms with Crippen LogP contribution in [0, 0.1) is 0 Å². The van der Waals surface area contributed by atoms with Crippen LogP contribution in [0.15, 0.2) is 12.4 Å². The molecule has 0 fully saturated rings. The average Bonchev–Trinajstić information content (AvgIpc) is 2.34. The highest BCUT2D eigenvalue weighted by atomic mass is 16.2. The second kappa shape index (κ2) is 6.41. The smallest absolute Gasteiger partial charge is 0.271 e. The van der Waals surface area contributed by atoms with Gasteiger partial charge in [0.1, 0.15) is 11.5 Å². The summed E-state index contributed by atoms with van der Waals surface area (Å²) >= 11 is 0. The van der Waals surface area contributed by atoms with E-state index in [2.05, 4.69) is 20.6 Å². The Balaban J connectivity index is 2.54. The molecule has 0 radical (unpaired) electrons. The Hall–Kier alpha value is -2.18. The molecule has 0 unspecified atom stereocenters. The summed E-state index contributed by atoms with van der Waals surface area (Å²) in [7, 11) is 0. The first-order valence-corrected chi connectivity index (χ1v) is 5.26. The van der Waals surface area contributed by atoms with Crippen LogP contribution in [0.2, 0.25) is 0 Å². The lowest BCUT2D eigenvalue weighted by Gasteiger charge is -2.04. The van der Waals surface area contributed by atoms with E-state index in [0.717, 1.165) is 13.0 Å². The zero-order chi connectivity index (χ0) is 12.7. The summed E-state index contributed by atoms with van der Waals surface area (Å²) in [6.45, 7) is 2.62. The van der Waals surface area contributed by atoms with Gasteiger partial charge in [0, 0.05) is 6.54 Å². The van der Waals surface area contributed by atoms with E-state index in [1.807, 2.05) is 6.92 Å². The van der Waals surface area contributed by atoms with Gasteiger partial charge in [0.2, 0.25) is 5.91 Å². The molecule has 0 atom stereocenters. The number of aromatic nitrogens is 2. The molecule has 1 rings (SSSR count). The molecule has 1 heterocycles. The fourth-order valence-corrected chi connectivity index (χ4v) is 1.05. The van der Waals surface area contributed by atoms with Gasteiger partial charge in [-0.2, -0.15) is 0 Å². The number of carbonyl (C=O) groups is 2. The van der Waals surface area contributed by atoms with Gasteiger partial charge in [-0.05, 0) is 6.42 Å². The van der Waals surface area contributed by atoms with Gasteiger partial charge in [-0.25, -0.2) is 9.97 Å². The topological polar surface area (TPSA) is 110 Å². The number of amides is 2. The van der Waals surface area contributed by atoms with Gasteiger partial charge in [-0.15, -0.1) is 0 Å². The van der Waals surface area contributed by atoms with E-state index in [0.29, 0.717) is 5.82 Å². The summed E-state index contributed by atoms with van der Waals surface area (Å²) in [5.74, 6) is -0.468. The maximum absolute atomic E-state index is 11.4. The van der Waals surface area contributed by atoms with Crippen LogP contribution in [0.5, 0.6) is 0 Å². The number of carbonyl (C=O) groups excluding carboxylic acids is 2. The van der Waals surface area contributed by atoms with Crippen molar-refractivity contribution in [2.24, 2.45) is 5.73 Å². The molecule has 2 amide bonds. The maximum Gasteiger partial charge on any atom is 0.271 e. The molecule has 1 aromatic heterocycles. The monoisotopic (exact) mass is 237 g/mol. The Bertz CT molecular complexity index is 390. The van der Waals surface area contributed by atoms with Crippen molar-refractivity contribution in [1.82, 2.24) is 15.3 Å². The standard InChI is InChI=1S/C10H15N5O2/c1-2-3-12-9-6-13-7(4-14-9)10(17)15-5-8(11)16/h4,6H,2-3,5H2,1H3,(H2,11,16)(H,12,14)(H,15,17). The van der Waals surface area contributed by atoms with Crippen LogP contribution in [0.25, 0.3) is 0 Å². The van der Waals surface area contributed by atoms with E-state index in [4.69, 9.17) is 5.73 Å². The van der Waals surface area contributed by atoms with E-state index in [1.165, 1.54) is 12.4 Å². The third-order valence-electron chi connectivity index (χ3n) is 1.86. The largest absolute Gasteiger partial charge is 0.369 e. The number of nitrogens with one attached hydrogen (secondary N) is 2. The molecular formula is C10H15N5O2. The Kier molecular flexibility index (Phi) is 4.86. The summed E-state index contributed by atoms with van der Waals surface area (Å²) in [4.78, 5) is 29.8. The van der Waals surface area contributed by atoms with Gasteiger partial charge < -0.3 is 16.4 Å². The van der Waals surface area contributed by atoms with Gasteiger partial charge >= 0.3 is 0 Å². The van der Waals surface area contributed by atoms with Crippen molar-refractivity contribution in [3.05, 3.63) is 18.1 Å². The van der Waals surface area contributed by atoms with E-state index in [1.54, 1.807) is 0 Å². The third kappa shape index (κ3) is 4.45. The molecule has 0 saturated heterocycles. The number of nitrogens with two attached hydrogens (primary N) is 1. The molecule has 4 N–H and O–H groups in total.